The highest BCUT2D eigenvalue weighted by Crippen LogP contribution is 2.41. The van der Waals surface area contributed by atoms with E-state index < -0.39 is 0 Å². The van der Waals surface area contributed by atoms with Crippen LogP contribution in [0.5, 0.6) is 0 Å². The summed E-state index contributed by atoms with van der Waals surface area (Å²) in [5.74, 6) is 0.433. The van der Waals surface area contributed by atoms with Crippen LogP contribution >= 0.6 is 0 Å². The fourth-order valence-corrected chi connectivity index (χ4v) is 7.07. The first-order valence-corrected chi connectivity index (χ1v) is 15.6. The Morgan fingerprint density at radius 1 is 0.553 bits per heavy atom. The Bertz CT molecular complexity index is 2840. The number of furan rings is 2. The molecule has 0 aliphatic heterocycles. The molecule has 3 N–H and O–H groups in total. The molecule has 0 spiro atoms. The zero-order chi connectivity index (χ0) is 31.6. The number of nitrogen functional groups attached to an aromatic ring is 1. The summed E-state index contributed by atoms with van der Waals surface area (Å²) in [5.41, 5.74) is 12.8. The van der Waals surface area contributed by atoms with Crippen LogP contribution in [-0.4, -0.2) is 10.3 Å². The minimum atomic E-state index is 0.310. The summed E-state index contributed by atoms with van der Waals surface area (Å²) in [6, 6.07) is 47.3. The molecule has 224 valence electrons. The molecule has 0 fully saturated rings. The molecule has 10 rings (SSSR count). The van der Waals surface area contributed by atoms with E-state index >= 15 is 0 Å². The van der Waals surface area contributed by atoms with Crippen LogP contribution in [0.2, 0.25) is 0 Å². The summed E-state index contributed by atoms with van der Waals surface area (Å²) in [5, 5.41) is 18.9. The number of aromatic nitrogens is 1. The third-order valence-corrected chi connectivity index (χ3v) is 9.31. The third kappa shape index (κ3) is 4.07. The summed E-state index contributed by atoms with van der Waals surface area (Å²) in [6.07, 6.45) is 0. The molecule has 0 bridgehead atoms. The minimum Gasteiger partial charge on any atom is -0.455 e. The number of nitrogens with two attached hydrogens (primary N) is 1. The number of benzene rings is 7. The second-order valence-corrected chi connectivity index (χ2v) is 11.9. The number of nitrogens with zero attached hydrogens (tertiary/aromatic N) is 1. The number of hydrogen-bond donors (Lipinski definition) is 2. The van der Waals surface area contributed by atoms with E-state index in [-0.39, 0.29) is 0 Å². The monoisotopic (exact) mass is 607 g/mol. The summed E-state index contributed by atoms with van der Waals surface area (Å²) in [7, 11) is 2.16. The van der Waals surface area contributed by atoms with Gasteiger partial charge in [-0.15, -0.1) is 0 Å². The van der Waals surface area contributed by atoms with Gasteiger partial charge in [-0.1, -0.05) is 109 Å². The van der Waals surface area contributed by atoms with E-state index in [1.54, 1.807) is 0 Å². The van der Waals surface area contributed by atoms with Gasteiger partial charge >= 0.3 is 0 Å². The van der Waals surface area contributed by atoms with Crippen molar-refractivity contribution in [2.45, 2.75) is 0 Å². The maximum absolute atomic E-state index is 8.17. The van der Waals surface area contributed by atoms with Crippen LogP contribution in [0, 0.1) is 5.41 Å². The topological polar surface area (TPSA) is 81.1 Å². The van der Waals surface area contributed by atoms with Crippen LogP contribution in [-0.2, 0) is 7.05 Å². The molecular formula is C42H29N3O2. The number of anilines is 1. The van der Waals surface area contributed by atoms with Crippen molar-refractivity contribution in [2.24, 2.45) is 7.05 Å². The fraction of sp³-hybridized carbons (Fsp3) is 0.0238. The highest BCUT2D eigenvalue weighted by molar-refractivity contribution is 6.28. The Hall–Kier alpha value is -6.33. The zero-order valence-electron chi connectivity index (χ0n) is 25.6. The van der Waals surface area contributed by atoms with Gasteiger partial charge in [0.2, 0.25) is 0 Å². The average molecular weight is 608 g/mol. The number of rotatable bonds is 2. The first-order valence-electron chi connectivity index (χ1n) is 15.6. The minimum absolute atomic E-state index is 0.310. The van der Waals surface area contributed by atoms with Gasteiger partial charge in [0.1, 0.15) is 22.5 Å². The van der Waals surface area contributed by atoms with Crippen LogP contribution in [0.4, 0.5) is 5.69 Å². The van der Waals surface area contributed by atoms with E-state index in [0.717, 1.165) is 22.1 Å². The fourth-order valence-electron chi connectivity index (χ4n) is 7.07. The lowest BCUT2D eigenvalue weighted by molar-refractivity contribution is 0.606. The normalized spacial score (nSPS) is 11.7. The zero-order valence-corrected chi connectivity index (χ0v) is 25.6. The smallest absolute Gasteiger partial charge is 0.176 e. The number of aryl methyl sites for hydroxylation is 1. The quantitative estimate of drug-likeness (QED) is 0.151. The molecule has 5 nitrogen and oxygen atoms in total. The molecule has 0 saturated heterocycles. The lowest BCUT2D eigenvalue weighted by Crippen LogP contribution is -2.02. The molecule has 3 heterocycles. The van der Waals surface area contributed by atoms with Gasteiger partial charge < -0.3 is 19.1 Å². The van der Waals surface area contributed by atoms with Gasteiger partial charge in [-0.05, 0) is 41.1 Å². The van der Waals surface area contributed by atoms with Gasteiger partial charge in [-0.3, -0.25) is 5.41 Å². The standard InChI is InChI=1S/C27H17NO.C15H12N2O/c1-28-23-8-4-2-6-17(23)20-15-14-19-21(26(20)28)12-10-16-11-13-22-18-7-3-5-9-24(18)29-27(22)25(16)19;16-13(10-6-2-1-3-7-10)15-14(17)11-8-4-5-9-12(11)18-15/h2-15H,1H3;1-9,16H,17H2. The van der Waals surface area contributed by atoms with Crippen LogP contribution in [0.1, 0.15) is 11.3 Å². The van der Waals surface area contributed by atoms with Gasteiger partial charge in [-0.2, -0.15) is 0 Å². The Balaban J connectivity index is 0.000000145. The van der Waals surface area contributed by atoms with Crippen molar-refractivity contribution in [1.29, 1.82) is 5.41 Å². The lowest BCUT2D eigenvalue weighted by atomic mass is 9.97. The Labute approximate surface area is 269 Å². The lowest BCUT2D eigenvalue weighted by Gasteiger charge is -2.08. The summed E-state index contributed by atoms with van der Waals surface area (Å²) < 4.78 is 14.4. The molecule has 0 unspecified atom stereocenters. The maximum atomic E-state index is 8.17. The number of nitrogens with one attached hydrogen (secondary N) is 1. The van der Waals surface area contributed by atoms with E-state index in [9.17, 15) is 0 Å². The van der Waals surface area contributed by atoms with Crippen LogP contribution in [0.3, 0.4) is 0 Å². The SMILES string of the molecule is Cn1c2ccccc2c2ccc3c(ccc4ccc5c6ccccc6oc5c43)c21.N=C(c1ccccc1)c1oc2ccccc2c1N. The molecular weight excluding hydrogens is 578 g/mol. The molecule has 47 heavy (non-hydrogen) atoms. The van der Waals surface area contributed by atoms with Crippen molar-refractivity contribution in [3.63, 3.8) is 0 Å². The van der Waals surface area contributed by atoms with E-state index in [2.05, 4.69) is 90.5 Å². The Morgan fingerprint density at radius 2 is 1.13 bits per heavy atom. The van der Waals surface area contributed by atoms with Crippen LogP contribution in [0.25, 0.3) is 76.3 Å². The molecule has 0 aliphatic carbocycles. The molecule has 10 aromatic rings. The van der Waals surface area contributed by atoms with Gasteiger partial charge in [0, 0.05) is 55.8 Å². The van der Waals surface area contributed by atoms with E-state index in [0.29, 0.717) is 22.7 Å². The van der Waals surface area contributed by atoms with Gasteiger partial charge in [0.05, 0.1) is 11.2 Å². The molecule has 5 heteroatoms. The second kappa shape index (κ2) is 10.4. The molecule has 0 aliphatic rings. The molecule has 3 aromatic heterocycles. The first-order chi connectivity index (χ1) is 23.1. The predicted octanol–water partition coefficient (Wildman–Crippen LogP) is 11.0. The van der Waals surface area contributed by atoms with E-state index in [1.807, 2.05) is 60.7 Å². The predicted molar refractivity (Wildman–Crippen MR) is 196 cm³/mol. The summed E-state index contributed by atoms with van der Waals surface area (Å²) in [6.45, 7) is 0. The first kappa shape index (κ1) is 27.0. The number of fused-ring (bicyclic) bond motifs is 12. The van der Waals surface area contributed by atoms with Crippen molar-refractivity contribution in [2.75, 3.05) is 5.73 Å². The number of hydrogen-bond acceptors (Lipinski definition) is 4. The van der Waals surface area contributed by atoms with E-state index in [4.69, 9.17) is 20.0 Å². The second-order valence-electron chi connectivity index (χ2n) is 11.9. The van der Waals surface area contributed by atoms with Crippen molar-refractivity contribution >= 4 is 87.7 Å². The highest BCUT2D eigenvalue weighted by Gasteiger charge is 2.17. The number of para-hydroxylation sites is 3. The van der Waals surface area contributed by atoms with Gasteiger partial charge in [-0.25, -0.2) is 0 Å². The van der Waals surface area contributed by atoms with Crippen molar-refractivity contribution in [3.05, 3.63) is 151 Å². The van der Waals surface area contributed by atoms with Gasteiger partial charge in [0.25, 0.3) is 0 Å². The third-order valence-electron chi connectivity index (χ3n) is 9.31. The molecule has 0 radical (unpaired) electrons. The van der Waals surface area contributed by atoms with Gasteiger partial charge in [0.15, 0.2) is 5.76 Å². The summed E-state index contributed by atoms with van der Waals surface area (Å²) in [4.78, 5) is 0. The molecule has 0 amide bonds. The van der Waals surface area contributed by atoms with Crippen LogP contribution < -0.4 is 5.73 Å². The summed E-state index contributed by atoms with van der Waals surface area (Å²) >= 11 is 0. The largest absolute Gasteiger partial charge is 0.455 e. The average Bonchev–Trinajstić information content (AvgIpc) is 3.78. The van der Waals surface area contributed by atoms with Crippen molar-refractivity contribution in [3.8, 4) is 0 Å². The van der Waals surface area contributed by atoms with Crippen LogP contribution in [0.15, 0.2) is 148 Å². The Kier molecular flexibility index (Phi) is 5.96. The Morgan fingerprint density at radius 3 is 1.89 bits per heavy atom. The molecule has 7 aromatic carbocycles. The highest BCUT2D eigenvalue weighted by atomic mass is 16.3. The van der Waals surface area contributed by atoms with Crippen molar-refractivity contribution < 1.29 is 8.83 Å². The maximum Gasteiger partial charge on any atom is 0.176 e. The molecule has 0 atom stereocenters. The van der Waals surface area contributed by atoms with E-state index in [1.165, 1.54) is 54.1 Å². The van der Waals surface area contributed by atoms with Crippen molar-refractivity contribution in [1.82, 2.24) is 4.57 Å². The molecule has 0 saturated carbocycles.